The Balaban J connectivity index is 0.000000383. The van der Waals surface area contributed by atoms with E-state index < -0.39 is 12.1 Å². The summed E-state index contributed by atoms with van der Waals surface area (Å²) < 4.78 is 31.7. The fourth-order valence-electron chi connectivity index (χ4n) is 3.27. The third-order valence-electron chi connectivity index (χ3n) is 5.01. The highest BCUT2D eigenvalue weighted by Crippen LogP contribution is 2.25. The zero-order valence-electron chi connectivity index (χ0n) is 18.0. The third kappa shape index (κ3) is 6.09. The van der Waals surface area contributed by atoms with Crippen LogP contribution >= 0.6 is 0 Å². The number of fused-ring (bicyclic) bond motifs is 1. The number of carbonyl (C=O) groups excluding carboxylic acids is 1. The zero-order chi connectivity index (χ0) is 24.2. The number of alkyl halides is 3. The molecule has 172 valence electrons. The molecule has 9 heteroatoms. The van der Waals surface area contributed by atoms with Gasteiger partial charge >= 0.3 is 12.1 Å². The van der Waals surface area contributed by atoms with Crippen LogP contribution in [0.15, 0.2) is 42.6 Å². The van der Waals surface area contributed by atoms with Gasteiger partial charge in [0.2, 0.25) is 0 Å². The second kappa shape index (κ2) is 9.72. The summed E-state index contributed by atoms with van der Waals surface area (Å²) in [4.78, 5) is 28.7. The first-order valence-electron chi connectivity index (χ1n) is 10.1. The van der Waals surface area contributed by atoms with Gasteiger partial charge in [-0.25, -0.2) is 4.79 Å². The van der Waals surface area contributed by atoms with Crippen LogP contribution in [0, 0.1) is 13.8 Å². The lowest BCUT2D eigenvalue weighted by Crippen LogP contribution is -2.31. The lowest BCUT2D eigenvalue weighted by atomic mass is 10.0. The third-order valence-corrected chi connectivity index (χ3v) is 5.01. The molecule has 1 aliphatic rings. The number of aromatic nitrogens is 2. The van der Waals surface area contributed by atoms with Crippen LogP contribution in [-0.2, 0) is 11.2 Å². The number of pyridine rings is 1. The van der Waals surface area contributed by atoms with Gasteiger partial charge in [0.15, 0.2) is 0 Å². The highest BCUT2D eigenvalue weighted by molar-refractivity contribution is 5.97. The number of carboxylic acids is 1. The lowest BCUT2D eigenvalue weighted by Gasteiger charge is -2.10. The van der Waals surface area contributed by atoms with Gasteiger partial charge in [0, 0.05) is 36.1 Å². The van der Waals surface area contributed by atoms with Gasteiger partial charge in [0.1, 0.15) is 0 Å². The number of carbonyl (C=O) groups is 2. The van der Waals surface area contributed by atoms with Crippen LogP contribution in [0.3, 0.4) is 0 Å². The molecule has 3 aromatic rings. The van der Waals surface area contributed by atoms with Crippen molar-refractivity contribution in [1.82, 2.24) is 15.3 Å². The second-order valence-corrected chi connectivity index (χ2v) is 7.55. The van der Waals surface area contributed by atoms with E-state index in [0.29, 0.717) is 6.54 Å². The van der Waals surface area contributed by atoms with Crippen molar-refractivity contribution in [2.45, 2.75) is 26.4 Å². The van der Waals surface area contributed by atoms with Gasteiger partial charge in [-0.2, -0.15) is 13.2 Å². The maximum atomic E-state index is 12.0. The molecule has 3 heterocycles. The van der Waals surface area contributed by atoms with Crippen molar-refractivity contribution < 1.29 is 27.9 Å². The predicted molar refractivity (Wildman–Crippen MR) is 119 cm³/mol. The van der Waals surface area contributed by atoms with E-state index in [9.17, 15) is 18.0 Å². The average Bonchev–Trinajstić information content (AvgIpc) is 3.20. The average molecular weight is 457 g/mol. The lowest BCUT2D eigenvalue weighted by molar-refractivity contribution is -0.192. The van der Waals surface area contributed by atoms with E-state index in [0.717, 1.165) is 34.6 Å². The number of aromatic amines is 1. The summed E-state index contributed by atoms with van der Waals surface area (Å²) in [5, 5.41) is 10.0. The summed E-state index contributed by atoms with van der Waals surface area (Å²) in [6.07, 6.45) is 1.69. The fourth-order valence-corrected chi connectivity index (χ4v) is 3.27. The number of carboxylic acid groups (broad SMARTS) is 1. The van der Waals surface area contributed by atoms with E-state index in [4.69, 9.17) is 9.90 Å². The predicted octanol–water partition coefficient (Wildman–Crippen LogP) is 4.78. The van der Waals surface area contributed by atoms with Crippen LogP contribution in [0.25, 0.3) is 23.4 Å². The van der Waals surface area contributed by atoms with Crippen LogP contribution in [0.1, 0.15) is 38.4 Å². The minimum atomic E-state index is -5.08. The van der Waals surface area contributed by atoms with Gasteiger partial charge in [-0.1, -0.05) is 29.8 Å². The van der Waals surface area contributed by atoms with Crippen molar-refractivity contribution in [3.8, 4) is 11.3 Å². The molecule has 4 rings (SSSR count). The fraction of sp³-hybridized carbons (Fsp3) is 0.208. The standard InChI is InChI=1S/C22H21N3O.C2HF3O2/c1-14-3-4-15(2)16(11-14)5-6-18-12-17(7-9-23-18)21-13-19-20(25-21)8-10-24-22(19)26;3-2(4,5)1(6)7/h3-7,9,11-13,25H,8,10H2,1-2H3,(H,24,26);(H,6,7)/b6-5+;. The van der Waals surface area contributed by atoms with Crippen molar-refractivity contribution in [2.24, 2.45) is 0 Å². The van der Waals surface area contributed by atoms with Gasteiger partial charge in [-0.05, 0) is 49.2 Å². The molecule has 0 unspecified atom stereocenters. The van der Waals surface area contributed by atoms with Crippen LogP contribution < -0.4 is 5.32 Å². The largest absolute Gasteiger partial charge is 0.490 e. The first kappa shape index (κ1) is 23.8. The molecule has 1 amide bonds. The number of aryl methyl sites for hydroxylation is 2. The zero-order valence-corrected chi connectivity index (χ0v) is 18.0. The van der Waals surface area contributed by atoms with Crippen molar-refractivity contribution in [3.63, 3.8) is 0 Å². The van der Waals surface area contributed by atoms with E-state index in [1.54, 1.807) is 6.20 Å². The van der Waals surface area contributed by atoms with Crippen LogP contribution in [-0.4, -0.2) is 39.7 Å². The summed E-state index contributed by atoms with van der Waals surface area (Å²) in [7, 11) is 0. The topological polar surface area (TPSA) is 95.1 Å². The summed E-state index contributed by atoms with van der Waals surface area (Å²) in [6, 6.07) is 12.4. The number of benzene rings is 1. The maximum Gasteiger partial charge on any atom is 0.490 e. The molecule has 0 spiro atoms. The van der Waals surface area contributed by atoms with Crippen molar-refractivity contribution >= 4 is 24.0 Å². The molecule has 1 aromatic carbocycles. The van der Waals surface area contributed by atoms with Crippen LogP contribution in [0.4, 0.5) is 13.2 Å². The summed E-state index contributed by atoms with van der Waals surface area (Å²) in [5.74, 6) is -2.76. The van der Waals surface area contributed by atoms with Gasteiger partial charge in [-0.15, -0.1) is 0 Å². The number of nitrogens with zero attached hydrogens (tertiary/aromatic N) is 1. The minimum absolute atomic E-state index is 0.00199. The van der Waals surface area contributed by atoms with E-state index in [2.05, 4.69) is 53.4 Å². The molecule has 3 N–H and O–H groups in total. The van der Waals surface area contributed by atoms with Crippen LogP contribution in [0.2, 0.25) is 0 Å². The Morgan fingerprint density at radius 2 is 1.85 bits per heavy atom. The number of hydrogen-bond acceptors (Lipinski definition) is 3. The van der Waals surface area contributed by atoms with Gasteiger partial charge in [0.25, 0.3) is 5.91 Å². The Labute approximate surface area is 188 Å². The second-order valence-electron chi connectivity index (χ2n) is 7.55. The highest BCUT2D eigenvalue weighted by Gasteiger charge is 2.38. The molecule has 0 aliphatic carbocycles. The van der Waals surface area contributed by atoms with Crippen LogP contribution in [0.5, 0.6) is 0 Å². The molecule has 0 atom stereocenters. The molecular weight excluding hydrogens is 435 g/mol. The number of H-pyrrole nitrogens is 1. The number of nitrogens with one attached hydrogen (secondary N) is 2. The molecule has 1 aliphatic heterocycles. The van der Waals surface area contributed by atoms with Gasteiger partial charge in [0.05, 0.1) is 11.3 Å². The molecule has 0 saturated carbocycles. The van der Waals surface area contributed by atoms with E-state index in [-0.39, 0.29) is 5.91 Å². The monoisotopic (exact) mass is 457 g/mol. The highest BCUT2D eigenvalue weighted by atomic mass is 19.4. The Hall–Kier alpha value is -3.88. The Kier molecular flexibility index (Phi) is 7.01. The van der Waals surface area contributed by atoms with E-state index >= 15 is 0 Å². The van der Waals surface area contributed by atoms with Crippen molar-refractivity contribution in [1.29, 1.82) is 0 Å². The Morgan fingerprint density at radius 1 is 1.12 bits per heavy atom. The summed E-state index contributed by atoms with van der Waals surface area (Å²) >= 11 is 0. The molecular formula is C24H22F3N3O3. The number of rotatable bonds is 3. The SMILES string of the molecule is Cc1ccc(C)c(/C=C/c2cc(-c3cc4c([nH]3)CCNC4=O)ccn2)c1.O=C(O)C(F)(F)F. The molecule has 0 fully saturated rings. The Bertz CT molecular complexity index is 1210. The number of hydrogen-bond donors (Lipinski definition) is 3. The number of halogens is 3. The van der Waals surface area contributed by atoms with E-state index in [1.165, 1.54) is 16.7 Å². The maximum absolute atomic E-state index is 12.0. The Morgan fingerprint density at radius 3 is 2.52 bits per heavy atom. The minimum Gasteiger partial charge on any atom is -0.475 e. The summed E-state index contributed by atoms with van der Waals surface area (Å²) in [6.45, 7) is 4.89. The van der Waals surface area contributed by atoms with Gasteiger partial charge in [-0.3, -0.25) is 9.78 Å². The molecule has 0 bridgehead atoms. The normalized spacial score (nSPS) is 13.2. The van der Waals surface area contributed by atoms with Crippen molar-refractivity contribution in [2.75, 3.05) is 6.54 Å². The molecule has 33 heavy (non-hydrogen) atoms. The van der Waals surface area contributed by atoms with E-state index in [1.807, 2.05) is 24.3 Å². The number of aliphatic carboxylic acids is 1. The van der Waals surface area contributed by atoms with Crippen molar-refractivity contribution in [3.05, 3.63) is 76.2 Å². The summed E-state index contributed by atoms with van der Waals surface area (Å²) in [5.41, 5.74) is 8.31. The quantitative estimate of drug-likeness (QED) is 0.527. The molecule has 0 radical (unpaired) electrons. The molecule has 6 nitrogen and oxygen atoms in total. The van der Waals surface area contributed by atoms with Gasteiger partial charge < -0.3 is 15.4 Å². The first-order chi connectivity index (χ1) is 15.5. The molecule has 0 saturated heterocycles. The first-order valence-corrected chi connectivity index (χ1v) is 10.1. The smallest absolute Gasteiger partial charge is 0.475 e. The molecule has 2 aromatic heterocycles. The number of amides is 1.